The molecule has 15 heavy (non-hydrogen) atoms. The molecule has 0 aliphatic carbocycles. The van der Waals surface area contributed by atoms with Crippen molar-refractivity contribution in [2.24, 2.45) is 0 Å². The highest BCUT2D eigenvalue weighted by Crippen LogP contribution is 1.92. The summed E-state index contributed by atoms with van der Waals surface area (Å²) >= 11 is 0. The van der Waals surface area contributed by atoms with Gasteiger partial charge in [0.15, 0.2) is 0 Å². The lowest BCUT2D eigenvalue weighted by atomic mass is 10.2. The van der Waals surface area contributed by atoms with Crippen LogP contribution < -0.4 is 10.6 Å². The molecule has 1 atom stereocenters. The number of carbonyl (C=O) groups is 3. The molecule has 7 nitrogen and oxygen atoms in total. The van der Waals surface area contributed by atoms with E-state index in [0.717, 1.165) is 0 Å². The number of amides is 2. The number of aliphatic carboxylic acids is 2. The molecule has 0 bridgehead atoms. The molecule has 0 spiro atoms. The van der Waals surface area contributed by atoms with Crippen LogP contribution in [0.5, 0.6) is 0 Å². The maximum atomic E-state index is 10.9. The van der Waals surface area contributed by atoms with Crippen LogP contribution in [0.15, 0.2) is 0 Å². The third-order valence-corrected chi connectivity index (χ3v) is 1.33. The lowest BCUT2D eigenvalue weighted by molar-refractivity contribution is -0.145. The number of hydrogen-bond donors (Lipinski definition) is 4. The molecule has 0 saturated heterocycles. The van der Waals surface area contributed by atoms with Gasteiger partial charge < -0.3 is 20.8 Å². The number of rotatable bonds is 5. The smallest absolute Gasteiger partial charge is 0.326 e. The molecule has 0 aliphatic rings. The Morgan fingerprint density at radius 1 is 1.33 bits per heavy atom. The molecular formula is C8H10N2O5. The normalized spacial score (nSPS) is 10.9. The van der Waals surface area contributed by atoms with Gasteiger partial charge in [-0.05, 0) is 0 Å². The Morgan fingerprint density at radius 2 is 1.93 bits per heavy atom. The van der Waals surface area contributed by atoms with E-state index in [4.69, 9.17) is 16.6 Å². The van der Waals surface area contributed by atoms with Gasteiger partial charge in [0.2, 0.25) is 0 Å². The average Bonchev–Trinajstić information content (AvgIpc) is 2.12. The molecule has 7 heteroatoms. The van der Waals surface area contributed by atoms with Gasteiger partial charge in [-0.25, -0.2) is 9.59 Å². The number of carboxylic acids is 2. The van der Waals surface area contributed by atoms with E-state index in [9.17, 15) is 14.4 Å². The van der Waals surface area contributed by atoms with Gasteiger partial charge in [0, 0.05) is 0 Å². The van der Waals surface area contributed by atoms with Crippen molar-refractivity contribution in [1.82, 2.24) is 10.6 Å². The van der Waals surface area contributed by atoms with E-state index >= 15 is 0 Å². The second-order valence-electron chi connectivity index (χ2n) is 2.52. The Bertz CT molecular complexity index is 307. The van der Waals surface area contributed by atoms with Gasteiger partial charge in [0.25, 0.3) is 0 Å². The van der Waals surface area contributed by atoms with Crippen molar-refractivity contribution in [2.75, 3.05) is 6.54 Å². The highest BCUT2D eigenvalue weighted by Gasteiger charge is 2.22. The van der Waals surface area contributed by atoms with Gasteiger partial charge in [-0.3, -0.25) is 4.79 Å². The van der Waals surface area contributed by atoms with Crippen molar-refractivity contribution in [3.63, 3.8) is 0 Å². The zero-order chi connectivity index (χ0) is 11.8. The van der Waals surface area contributed by atoms with Gasteiger partial charge in [-0.1, -0.05) is 5.92 Å². The molecule has 0 fully saturated rings. The van der Waals surface area contributed by atoms with Crippen LogP contribution in [0.4, 0.5) is 4.79 Å². The van der Waals surface area contributed by atoms with E-state index in [1.165, 1.54) is 0 Å². The Kier molecular flexibility index (Phi) is 5.33. The monoisotopic (exact) mass is 214 g/mol. The SMILES string of the molecule is C#CCNC(=O)N[C@@H](CC(=O)O)C(=O)O. The summed E-state index contributed by atoms with van der Waals surface area (Å²) in [5.41, 5.74) is 0. The summed E-state index contributed by atoms with van der Waals surface area (Å²) in [6.45, 7) is -0.0642. The fraction of sp³-hybridized carbons (Fsp3) is 0.375. The van der Waals surface area contributed by atoms with E-state index < -0.39 is 30.4 Å². The van der Waals surface area contributed by atoms with Crippen LogP contribution in [0.25, 0.3) is 0 Å². The fourth-order valence-electron chi connectivity index (χ4n) is 0.715. The summed E-state index contributed by atoms with van der Waals surface area (Å²) < 4.78 is 0. The molecule has 0 aromatic rings. The highest BCUT2D eigenvalue weighted by molar-refractivity contribution is 5.86. The zero-order valence-electron chi connectivity index (χ0n) is 7.69. The summed E-state index contributed by atoms with van der Waals surface area (Å²) in [4.78, 5) is 31.7. The molecule has 0 rings (SSSR count). The molecule has 0 unspecified atom stereocenters. The topological polar surface area (TPSA) is 116 Å². The summed E-state index contributed by atoms with van der Waals surface area (Å²) in [6.07, 6.45) is 4.15. The molecule has 0 aromatic heterocycles. The molecule has 82 valence electrons. The van der Waals surface area contributed by atoms with Crippen LogP contribution in [-0.2, 0) is 9.59 Å². The first-order valence-corrected chi connectivity index (χ1v) is 3.89. The lowest BCUT2D eigenvalue weighted by Gasteiger charge is -2.11. The minimum Gasteiger partial charge on any atom is -0.481 e. The molecule has 0 aromatic carbocycles. The first-order chi connectivity index (χ1) is 6.97. The maximum absolute atomic E-state index is 10.9. The van der Waals surface area contributed by atoms with Gasteiger partial charge in [0.1, 0.15) is 6.04 Å². The third-order valence-electron chi connectivity index (χ3n) is 1.33. The molecule has 0 saturated carbocycles. The standard InChI is InChI=1S/C8H10N2O5/c1-2-3-9-8(15)10-5(7(13)14)4-6(11)12/h1,5H,3-4H2,(H,11,12)(H,13,14)(H2,9,10,15)/t5-/m0/s1. The molecule has 0 aliphatic heterocycles. The van der Waals surface area contributed by atoms with Crippen LogP contribution in [0.1, 0.15) is 6.42 Å². The van der Waals surface area contributed by atoms with Crippen LogP contribution in [0.3, 0.4) is 0 Å². The van der Waals surface area contributed by atoms with Crippen LogP contribution in [0.2, 0.25) is 0 Å². The molecule has 0 radical (unpaired) electrons. The van der Waals surface area contributed by atoms with E-state index in [1.54, 1.807) is 0 Å². The zero-order valence-corrected chi connectivity index (χ0v) is 7.69. The first-order valence-electron chi connectivity index (χ1n) is 3.89. The number of terminal acetylenes is 1. The van der Waals surface area contributed by atoms with Crippen LogP contribution in [0, 0.1) is 12.3 Å². The maximum Gasteiger partial charge on any atom is 0.326 e. The minimum absolute atomic E-state index is 0.0642. The minimum atomic E-state index is -1.47. The van der Waals surface area contributed by atoms with E-state index in [1.807, 2.05) is 5.32 Å². The summed E-state index contributed by atoms with van der Waals surface area (Å²) in [6, 6.07) is -2.29. The number of carbonyl (C=O) groups excluding carboxylic acids is 1. The van der Waals surface area contributed by atoms with Crippen LogP contribution >= 0.6 is 0 Å². The Morgan fingerprint density at radius 3 is 2.33 bits per heavy atom. The molecular weight excluding hydrogens is 204 g/mol. The number of hydrogen-bond acceptors (Lipinski definition) is 3. The number of urea groups is 1. The third kappa shape index (κ3) is 5.93. The Labute approximate surface area is 85.5 Å². The van der Waals surface area contributed by atoms with Gasteiger partial charge in [-0.2, -0.15) is 0 Å². The second-order valence-corrected chi connectivity index (χ2v) is 2.52. The van der Waals surface area contributed by atoms with Crippen molar-refractivity contribution < 1.29 is 24.6 Å². The lowest BCUT2D eigenvalue weighted by Crippen LogP contribution is -2.47. The predicted molar refractivity (Wildman–Crippen MR) is 49.0 cm³/mol. The summed E-state index contributed by atoms with van der Waals surface area (Å²) in [7, 11) is 0. The van der Waals surface area contributed by atoms with Gasteiger partial charge >= 0.3 is 18.0 Å². The quantitative estimate of drug-likeness (QED) is 0.431. The van der Waals surface area contributed by atoms with Crippen molar-refractivity contribution in [1.29, 1.82) is 0 Å². The molecule has 0 heterocycles. The van der Waals surface area contributed by atoms with E-state index in [2.05, 4.69) is 11.2 Å². The average molecular weight is 214 g/mol. The first kappa shape index (κ1) is 12.8. The second kappa shape index (κ2) is 6.26. The highest BCUT2D eigenvalue weighted by atomic mass is 16.4. The van der Waals surface area contributed by atoms with Gasteiger partial charge in [-0.15, -0.1) is 6.42 Å². The summed E-state index contributed by atoms with van der Waals surface area (Å²) in [5.74, 6) is -0.637. The van der Waals surface area contributed by atoms with Crippen LogP contribution in [-0.4, -0.2) is 40.8 Å². The largest absolute Gasteiger partial charge is 0.481 e. The Hall–Kier alpha value is -2.23. The Balaban J connectivity index is 4.17. The molecule has 2 amide bonds. The number of carboxylic acid groups (broad SMARTS) is 2. The van der Waals surface area contributed by atoms with Crippen molar-refractivity contribution in [2.45, 2.75) is 12.5 Å². The summed E-state index contributed by atoms with van der Waals surface area (Å²) in [5, 5.41) is 21.0. The molecule has 4 N–H and O–H groups in total. The van der Waals surface area contributed by atoms with E-state index in [0.29, 0.717) is 0 Å². The van der Waals surface area contributed by atoms with Crippen molar-refractivity contribution in [3.8, 4) is 12.3 Å². The van der Waals surface area contributed by atoms with Gasteiger partial charge in [0.05, 0.1) is 13.0 Å². The van der Waals surface area contributed by atoms with E-state index in [-0.39, 0.29) is 6.54 Å². The van der Waals surface area contributed by atoms with Crippen molar-refractivity contribution in [3.05, 3.63) is 0 Å². The number of nitrogens with one attached hydrogen (secondary N) is 2. The van der Waals surface area contributed by atoms with Crippen molar-refractivity contribution >= 4 is 18.0 Å². The fourth-order valence-corrected chi connectivity index (χ4v) is 0.715. The predicted octanol–water partition coefficient (Wildman–Crippen LogP) is -1.15.